The average molecular weight is 301 g/mol. The molecule has 3 rings (SSSR count). The lowest BCUT2D eigenvalue weighted by Crippen LogP contribution is -2.39. The Hall–Kier alpha value is -1.65. The molecule has 0 aliphatic heterocycles. The van der Waals surface area contributed by atoms with Crippen LogP contribution in [0.5, 0.6) is 0 Å². The van der Waals surface area contributed by atoms with Gasteiger partial charge in [-0.3, -0.25) is 4.79 Å². The second-order valence-electron chi connectivity index (χ2n) is 5.71. The third kappa shape index (κ3) is 3.01. The number of aliphatic hydroxyl groups excluding tert-OH is 1. The summed E-state index contributed by atoms with van der Waals surface area (Å²) in [5, 5.41) is 11.3. The lowest BCUT2D eigenvalue weighted by molar-refractivity contribution is 0.0266. The smallest absolute Gasteiger partial charge is 0.264 e. The van der Waals surface area contributed by atoms with Gasteiger partial charge in [0.05, 0.1) is 11.0 Å². The Morgan fingerprint density at radius 3 is 2.67 bits per heavy atom. The molecule has 1 saturated carbocycles. The Bertz CT molecular complexity index is 617. The minimum Gasteiger partial charge on any atom is -0.393 e. The molecule has 1 aliphatic rings. The van der Waals surface area contributed by atoms with Crippen molar-refractivity contribution in [2.45, 2.75) is 18.9 Å². The molecule has 21 heavy (non-hydrogen) atoms. The number of hydrogen-bond donors (Lipinski definition) is 1. The largest absolute Gasteiger partial charge is 0.393 e. The van der Waals surface area contributed by atoms with Crippen molar-refractivity contribution in [3.05, 3.63) is 46.7 Å². The lowest BCUT2D eigenvalue weighted by atomic mass is 9.82. The number of hydrogen-bond acceptors (Lipinski definition) is 3. The summed E-state index contributed by atoms with van der Waals surface area (Å²) in [6.45, 7) is 0.724. The molecule has 0 saturated heterocycles. The predicted octanol–water partition coefficient (Wildman–Crippen LogP) is 3.26. The maximum absolute atomic E-state index is 12.6. The topological polar surface area (TPSA) is 40.5 Å². The Labute approximate surface area is 128 Å². The van der Waals surface area contributed by atoms with Gasteiger partial charge in [0.2, 0.25) is 0 Å². The summed E-state index contributed by atoms with van der Waals surface area (Å²) in [5.41, 5.74) is 2.08. The first-order valence-electron chi connectivity index (χ1n) is 7.21. The minimum absolute atomic E-state index is 0.0743. The first kappa shape index (κ1) is 14.3. The van der Waals surface area contributed by atoms with Crippen LogP contribution in [0.3, 0.4) is 0 Å². The van der Waals surface area contributed by atoms with Crippen molar-refractivity contribution < 1.29 is 9.90 Å². The monoisotopic (exact) mass is 301 g/mol. The second kappa shape index (κ2) is 6.00. The highest BCUT2D eigenvalue weighted by Gasteiger charge is 2.30. The van der Waals surface area contributed by atoms with Crippen molar-refractivity contribution in [2.75, 3.05) is 13.6 Å². The molecule has 0 unspecified atom stereocenters. The molecule has 1 heterocycles. The van der Waals surface area contributed by atoms with Gasteiger partial charge in [-0.05, 0) is 35.8 Å². The van der Waals surface area contributed by atoms with Gasteiger partial charge in [0, 0.05) is 19.2 Å². The van der Waals surface area contributed by atoms with E-state index in [4.69, 9.17) is 0 Å². The van der Waals surface area contributed by atoms with Gasteiger partial charge in [0.1, 0.15) is 0 Å². The van der Waals surface area contributed by atoms with E-state index in [0.717, 1.165) is 35.4 Å². The summed E-state index contributed by atoms with van der Waals surface area (Å²) in [7, 11) is 1.85. The molecule has 110 valence electrons. The van der Waals surface area contributed by atoms with E-state index in [-0.39, 0.29) is 12.0 Å². The number of thiophene rings is 1. The van der Waals surface area contributed by atoms with E-state index >= 15 is 0 Å². The van der Waals surface area contributed by atoms with E-state index < -0.39 is 0 Å². The molecule has 1 fully saturated rings. The number of carbonyl (C=O) groups is 1. The Morgan fingerprint density at radius 2 is 2.00 bits per heavy atom. The maximum Gasteiger partial charge on any atom is 0.264 e. The SMILES string of the molecule is CN(CC1CC(O)C1)C(=O)c1sccc1-c1ccccc1. The normalized spacial score (nSPS) is 20.9. The maximum atomic E-state index is 12.6. The summed E-state index contributed by atoms with van der Waals surface area (Å²) in [5.74, 6) is 0.513. The van der Waals surface area contributed by atoms with Gasteiger partial charge in [-0.25, -0.2) is 0 Å². The summed E-state index contributed by atoms with van der Waals surface area (Å²) < 4.78 is 0. The van der Waals surface area contributed by atoms with E-state index in [0.29, 0.717) is 5.92 Å². The van der Waals surface area contributed by atoms with E-state index in [1.54, 1.807) is 4.90 Å². The number of amides is 1. The minimum atomic E-state index is -0.167. The van der Waals surface area contributed by atoms with Gasteiger partial charge in [0.15, 0.2) is 0 Å². The molecule has 1 aromatic carbocycles. The molecule has 3 nitrogen and oxygen atoms in total. The summed E-state index contributed by atoms with van der Waals surface area (Å²) in [6, 6.07) is 12.0. The average Bonchev–Trinajstić information content (AvgIpc) is 2.95. The van der Waals surface area contributed by atoms with Gasteiger partial charge in [0.25, 0.3) is 5.91 Å². The fraction of sp³-hybridized carbons (Fsp3) is 0.353. The third-order valence-corrected chi connectivity index (χ3v) is 4.94. The van der Waals surface area contributed by atoms with E-state index in [1.165, 1.54) is 11.3 Å². The number of nitrogens with zero attached hydrogens (tertiary/aromatic N) is 1. The first-order valence-corrected chi connectivity index (χ1v) is 8.09. The Balaban J connectivity index is 1.75. The highest BCUT2D eigenvalue weighted by molar-refractivity contribution is 7.12. The highest BCUT2D eigenvalue weighted by atomic mass is 32.1. The van der Waals surface area contributed by atoms with Gasteiger partial charge < -0.3 is 10.0 Å². The Morgan fingerprint density at radius 1 is 1.29 bits per heavy atom. The van der Waals surface area contributed by atoms with Crippen LogP contribution in [0.25, 0.3) is 11.1 Å². The molecule has 1 aliphatic carbocycles. The quantitative estimate of drug-likeness (QED) is 0.941. The molecule has 0 radical (unpaired) electrons. The molecular formula is C17H19NO2S. The Kier molecular flexibility index (Phi) is 4.08. The highest BCUT2D eigenvalue weighted by Crippen LogP contribution is 2.31. The molecule has 2 aromatic rings. The zero-order chi connectivity index (χ0) is 14.8. The van der Waals surface area contributed by atoms with Crippen LogP contribution in [0.1, 0.15) is 22.5 Å². The standard InChI is InChI=1S/C17H19NO2S/c1-18(11-12-9-14(19)10-12)17(20)16-15(7-8-21-16)13-5-3-2-4-6-13/h2-8,12,14,19H,9-11H2,1H3. The van der Waals surface area contributed by atoms with Crippen LogP contribution in [0.4, 0.5) is 0 Å². The van der Waals surface area contributed by atoms with Crippen molar-refractivity contribution in [1.29, 1.82) is 0 Å². The van der Waals surface area contributed by atoms with Gasteiger partial charge in [-0.15, -0.1) is 11.3 Å². The van der Waals surface area contributed by atoms with Gasteiger partial charge in [-0.1, -0.05) is 30.3 Å². The second-order valence-corrected chi connectivity index (χ2v) is 6.62. The number of benzene rings is 1. The fourth-order valence-electron chi connectivity index (χ4n) is 2.81. The molecular weight excluding hydrogens is 282 g/mol. The summed E-state index contributed by atoms with van der Waals surface area (Å²) >= 11 is 1.49. The van der Waals surface area contributed by atoms with E-state index in [9.17, 15) is 9.90 Å². The summed E-state index contributed by atoms with van der Waals surface area (Å²) in [6.07, 6.45) is 1.46. The number of carbonyl (C=O) groups excluding carboxylic acids is 1. The van der Waals surface area contributed by atoms with Crippen molar-refractivity contribution in [3.63, 3.8) is 0 Å². The van der Waals surface area contributed by atoms with Crippen LogP contribution in [-0.2, 0) is 0 Å². The molecule has 1 aromatic heterocycles. The molecule has 0 atom stereocenters. The molecule has 0 bridgehead atoms. The van der Waals surface area contributed by atoms with E-state index in [2.05, 4.69) is 0 Å². The van der Waals surface area contributed by atoms with Crippen LogP contribution in [0, 0.1) is 5.92 Å². The lowest BCUT2D eigenvalue weighted by Gasteiger charge is -2.34. The first-order chi connectivity index (χ1) is 10.1. The van der Waals surface area contributed by atoms with Crippen LogP contribution >= 0.6 is 11.3 Å². The molecule has 0 spiro atoms. The van der Waals surface area contributed by atoms with Crippen LogP contribution in [0.2, 0.25) is 0 Å². The van der Waals surface area contributed by atoms with Crippen molar-refractivity contribution in [2.24, 2.45) is 5.92 Å². The van der Waals surface area contributed by atoms with Crippen LogP contribution in [0.15, 0.2) is 41.8 Å². The van der Waals surface area contributed by atoms with E-state index in [1.807, 2.05) is 48.8 Å². The summed E-state index contributed by atoms with van der Waals surface area (Å²) in [4.78, 5) is 15.2. The predicted molar refractivity (Wildman–Crippen MR) is 85.4 cm³/mol. The molecule has 4 heteroatoms. The van der Waals surface area contributed by atoms with Crippen molar-refractivity contribution in [1.82, 2.24) is 4.90 Å². The number of aliphatic hydroxyl groups is 1. The third-order valence-electron chi connectivity index (χ3n) is 4.03. The fourth-order valence-corrected chi connectivity index (χ4v) is 3.72. The van der Waals surface area contributed by atoms with Crippen LogP contribution in [-0.4, -0.2) is 35.6 Å². The number of rotatable bonds is 4. The van der Waals surface area contributed by atoms with Crippen molar-refractivity contribution in [3.8, 4) is 11.1 Å². The van der Waals surface area contributed by atoms with Crippen LogP contribution < -0.4 is 0 Å². The molecule has 1 N–H and O–H groups in total. The zero-order valence-electron chi connectivity index (χ0n) is 12.0. The van der Waals surface area contributed by atoms with Gasteiger partial charge >= 0.3 is 0 Å². The zero-order valence-corrected chi connectivity index (χ0v) is 12.8. The van der Waals surface area contributed by atoms with Crippen molar-refractivity contribution >= 4 is 17.2 Å². The molecule has 1 amide bonds. The van der Waals surface area contributed by atoms with Gasteiger partial charge in [-0.2, -0.15) is 0 Å².